The predicted molar refractivity (Wildman–Crippen MR) is 500 cm³/mol. The first-order chi connectivity index (χ1) is 59.7. The molecule has 0 radical (unpaired) electrons. The molecule has 128 heavy (non-hydrogen) atoms. The van der Waals surface area contributed by atoms with Gasteiger partial charge in [0, 0.05) is 64.7 Å². The first-order valence-corrected chi connectivity index (χ1v) is 49.4. The SMILES string of the molecule is CC(Cl)(Cl)C(=O)N[C@H](CO)[C@H](O)c1ccc([N+](=O)[O-])cc1.CCCC1CC(C(=O)N[C@H](C(C)Cl)[C@H]2O[C@](C)(SC)[C@H](O)[C@@H](O)[C@H]2O)N(C)C1.CCCC1CC(C(=O)N[C@H](C(C)Cl)[C@H]2O[C@](C)(SC)[C@H](OC)[C@@H](O)[C@H]2O)N(C)C1.CCCC1CC(C(=O)N[C@H](C(C)Cl)[C@H]2O[C@](C)(SC)[C@H](OCC[C@@H](NC(=O)C(C)(Cl)Cl)[C@H](OC)c3ccc([N+](=O)[O-])cc3)[C@@H](O)[C@H]2O)N(C)C1. The number of carbonyl (C=O) groups excluding carboxylic acids is 5. The number of alkyl halides is 7. The highest BCUT2D eigenvalue weighted by Crippen LogP contribution is 2.45. The average Bonchev–Trinajstić information content (AvgIpc) is 1.71. The maximum Gasteiger partial charge on any atom is 0.269 e. The maximum atomic E-state index is 13.5. The Morgan fingerprint density at radius 1 is 0.531 bits per heavy atom. The summed E-state index contributed by atoms with van der Waals surface area (Å²) in [4.78, 5) is 87.6. The highest BCUT2D eigenvalue weighted by molar-refractivity contribution is 8.00. The summed E-state index contributed by atoms with van der Waals surface area (Å²) in [5.41, 5.74) is 0.587. The Bertz CT molecular complexity index is 3820. The number of nitro groups is 2. The zero-order valence-electron chi connectivity index (χ0n) is 76.1. The lowest BCUT2D eigenvalue weighted by molar-refractivity contribution is -0.385. The van der Waals surface area contributed by atoms with Crippen LogP contribution in [0.15, 0.2) is 48.5 Å². The Balaban J connectivity index is 0.000000320. The Labute approximate surface area is 799 Å². The molecule has 6 aliphatic heterocycles. The predicted octanol–water partition coefficient (Wildman–Crippen LogP) is 7.68. The van der Waals surface area contributed by atoms with Crippen LogP contribution in [0.4, 0.5) is 11.4 Å². The number of rotatable bonds is 38. The molecule has 6 saturated heterocycles. The first kappa shape index (κ1) is 115. The number of nitrogens with zero attached hydrogens (tertiary/aromatic N) is 5. The molecule has 31 atom stereocenters. The van der Waals surface area contributed by atoms with Crippen LogP contribution in [-0.2, 0) is 52.4 Å². The second kappa shape index (κ2) is 51.9. The van der Waals surface area contributed by atoms with E-state index in [4.69, 9.17) is 110 Å². The number of aliphatic hydroxyl groups excluding tert-OH is 9. The number of ether oxygens (including phenoxy) is 6. The molecule has 0 aliphatic carbocycles. The summed E-state index contributed by atoms with van der Waals surface area (Å²) in [6.45, 7) is 21.3. The number of halogens is 7. The van der Waals surface area contributed by atoms with Crippen molar-refractivity contribution in [1.29, 1.82) is 0 Å². The molecule has 0 aromatic heterocycles. The number of benzene rings is 2. The van der Waals surface area contributed by atoms with E-state index >= 15 is 0 Å². The van der Waals surface area contributed by atoms with E-state index in [0.29, 0.717) is 28.9 Å². The number of likely N-dealkylation sites (tertiary alicyclic amines) is 3. The second-order valence-electron chi connectivity index (χ2n) is 34.6. The van der Waals surface area contributed by atoms with Crippen molar-refractivity contribution < 1.29 is 108 Å². The molecule has 5 amide bonds. The average molecular weight is 2020 g/mol. The van der Waals surface area contributed by atoms with Gasteiger partial charge in [-0.15, -0.1) is 70.1 Å². The number of nitrogens with one attached hydrogen (secondary N) is 5. The Morgan fingerprint density at radius 2 is 0.852 bits per heavy atom. The van der Waals surface area contributed by atoms with Gasteiger partial charge in [0.2, 0.25) is 17.7 Å². The summed E-state index contributed by atoms with van der Waals surface area (Å²) < 4.78 is 32.5. The number of nitro benzene ring substituents is 2. The molecule has 44 heteroatoms. The van der Waals surface area contributed by atoms with Crippen molar-refractivity contribution in [3.8, 4) is 0 Å². The quantitative estimate of drug-likeness (QED) is 0.0174. The van der Waals surface area contributed by atoms with E-state index in [1.165, 1.54) is 112 Å². The van der Waals surface area contributed by atoms with E-state index in [2.05, 4.69) is 52.3 Å². The first-order valence-electron chi connectivity index (χ1n) is 42.9. The zero-order chi connectivity index (χ0) is 96.9. The minimum atomic E-state index is -1.77. The molecule has 2 aromatic rings. The van der Waals surface area contributed by atoms with Crippen molar-refractivity contribution in [2.75, 3.05) is 87.0 Å². The van der Waals surface area contributed by atoms with Crippen LogP contribution in [0, 0.1) is 38.0 Å². The molecule has 0 saturated carbocycles. The smallest absolute Gasteiger partial charge is 0.269 e. The van der Waals surface area contributed by atoms with Crippen LogP contribution in [0.2, 0.25) is 0 Å². The number of carbonyl (C=O) groups is 5. The summed E-state index contributed by atoms with van der Waals surface area (Å²) in [7, 11) is 8.72. The summed E-state index contributed by atoms with van der Waals surface area (Å²) in [5.74, 6) is -0.536. The number of non-ortho nitro benzene ring substituents is 2. The number of methoxy groups -OCH3 is 2. The number of hydrogen-bond donors (Lipinski definition) is 14. The highest BCUT2D eigenvalue weighted by atomic mass is 35.5. The lowest BCUT2D eigenvalue weighted by Gasteiger charge is -2.50. The highest BCUT2D eigenvalue weighted by Gasteiger charge is 2.58. The monoisotopic (exact) mass is 2010 g/mol. The van der Waals surface area contributed by atoms with Crippen molar-refractivity contribution in [3.05, 3.63) is 79.9 Å². The van der Waals surface area contributed by atoms with E-state index in [1.807, 2.05) is 44.1 Å². The summed E-state index contributed by atoms with van der Waals surface area (Å²) in [5, 5.41) is 129. The molecule has 6 aliphatic rings. The zero-order valence-corrected chi connectivity index (χ0v) is 83.9. The van der Waals surface area contributed by atoms with Gasteiger partial charge < -0.3 is 101 Å². The van der Waals surface area contributed by atoms with Gasteiger partial charge in [0.25, 0.3) is 23.2 Å². The van der Waals surface area contributed by atoms with E-state index in [1.54, 1.807) is 47.1 Å². The Morgan fingerprint density at radius 3 is 1.16 bits per heavy atom. The fourth-order valence-electron chi connectivity index (χ4n) is 17.3. The Kier molecular flexibility index (Phi) is 46.8. The van der Waals surface area contributed by atoms with E-state index in [9.17, 15) is 90.2 Å². The van der Waals surface area contributed by atoms with E-state index in [-0.39, 0.29) is 60.2 Å². The van der Waals surface area contributed by atoms with Gasteiger partial charge in [-0.25, -0.2) is 0 Å². The molecule has 2 aromatic carbocycles. The molecular formula is C84H137Cl7N10O24S3. The van der Waals surface area contributed by atoms with Crippen molar-refractivity contribution >= 4 is 157 Å². The third-order valence-electron chi connectivity index (χ3n) is 24.8. The van der Waals surface area contributed by atoms with Gasteiger partial charge in [0.15, 0.2) is 8.67 Å². The van der Waals surface area contributed by atoms with Crippen molar-refractivity contribution in [3.63, 3.8) is 0 Å². The lowest BCUT2D eigenvalue weighted by atomic mass is 9.89. The summed E-state index contributed by atoms with van der Waals surface area (Å²) in [6, 6.07) is 5.93. The van der Waals surface area contributed by atoms with Gasteiger partial charge >= 0.3 is 0 Å². The number of amides is 5. The van der Waals surface area contributed by atoms with Gasteiger partial charge in [-0.3, -0.25) is 58.9 Å². The minimum Gasteiger partial charge on any atom is -0.394 e. The van der Waals surface area contributed by atoms with E-state index < -0.39 is 184 Å². The van der Waals surface area contributed by atoms with Crippen LogP contribution in [-0.4, -0.2) is 348 Å². The molecule has 9 unspecified atom stereocenters. The van der Waals surface area contributed by atoms with Gasteiger partial charge in [0.05, 0.1) is 80.9 Å². The number of aliphatic hydroxyl groups is 9. The molecule has 8 rings (SSSR count). The van der Waals surface area contributed by atoms with Crippen LogP contribution in [0.1, 0.15) is 164 Å². The largest absolute Gasteiger partial charge is 0.394 e. The number of hydrogen-bond acceptors (Lipinski definition) is 30. The van der Waals surface area contributed by atoms with Crippen LogP contribution >= 0.6 is 116 Å². The normalized spacial score (nSPS) is 32.3. The molecule has 14 N–H and O–H groups in total. The number of likely N-dealkylation sites (N-methyl/N-ethyl adjacent to an activating group) is 3. The fourth-order valence-corrected chi connectivity index (χ4v) is 20.0. The van der Waals surface area contributed by atoms with Gasteiger partial charge in [0.1, 0.15) is 100 Å². The molecule has 6 heterocycles. The van der Waals surface area contributed by atoms with Crippen molar-refractivity contribution in [1.82, 2.24) is 41.3 Å². The summed E-state index contributed by atoms with van der Waals surface area (Å²) in [6.07, 6.45) is -1.75. The second-order valence-corrected chi connectivity index (χ2v) is 43.8. The number of thioether (sulfide) groups is 3. The molecular weight excluding hydrogens is 1880 g/mol. The molecule has 6 fully saturated rings. The molecule has 0 spiro atoms. The van der Waals surface area contributed by atoms with Crippen LogP contribution in [0.3, 0.4) is 0 Å². The van der Waals surface area contributed by atoms with E-state index in [0.717, 1.165) is 77.4 Å². The molecule has 34 nitrogen and oxygen atoms in total. The lowest BCUT2D eigenvalue weighted by Crippen LogP contribution is -2.68. The summed E-state index contributed by atoms with van der Waals surface area (Å²) >= 11 is 46.6. The third-order valence-corrected chi connectivity index (χ3v) is 29.7. The fraction of sp³-hybridized carbons (Fsp3) is 0.798. The standard InChI is InChI=1S/C33H51Cl3N4O9S.C20H37ClN2O5S.C19H35ClN2O5S.C12H14Cl2N2O5/c1-8-9-19-16-23(39(5)17-19)30(43)38-24(18(2)34)28-25(41)26(42)29(33(4,49-28)50-7)48-15-14-22(37-31(44)32(3,35)36)27(47-6)20-10-12-21(13-11-20)40(45)46;1-7-8-12-9-13(23(4)10-12)19(26)22-14(11(2)21)17-15(24)16(25)18(27-5)20(3,28-17)29-6;1-6-7-11-8-12(22(4)9-11)18(26)21-13(10(2)20)16-14(23)15(24)17(25)19(3,27-16)28-5;1-12(13,14)11(19)15-9(6-17)10(18)7-2-4-8(5-3-7)16(20)21/h10-13,18-19,22-29,41-42H,8-9,14-17H2,1-7H3,(H,37,44)(H,38,43);11-18,24-25H,7-10H2,1-6H3,(H,22,26);10-17,23-25H,6-9H2,1-5H3,(H,21,26);2-5,9-10,17-18H,6H2,1H3,(H,15,19)/t18?,19?,22-,23?,24-,25-,26+,27-,28-,29-,33-;11?,12?,13?,14-,15-,16+,17-,18-,20-;10?,11?,12?,13-,14-,15+,16-,17-,19-;9-,10-/m1111/s1. The minimum absolute atomic E-state index is 0.0588. The molecule has 734 valence electrons. The topological polar surface area (TPSA) is 479 Å². The van der Waals surface area contributed by atoms with Crippen LogP contribution < -0.4 is 26.6 Å². The van der Waals surface area contributed by atoms with Gasteiger partial charge in [-0.1, -0.05) is 86.4 Å². The van der Waals surface area contributed by atoms with Crippen LogP contribution in [0.25, 0.3) is 0 Å². The van der Waals surface area contributed by atoms with Crippen molar-refractivity contribution in [2.45, 2.75) is 314 Å². The maximum absolute atomic E-state index is 13.5. The third kappa shape index (κ3) is 30.7. The van der Waals surface area contributed by atoms with Gasteiger partial charge in [-0.05, 0) is 193 Å². The van der Waals surface area contributed by atoms with Gasteiger partial charge in [-0.2, -0.15) is 0 Å². The van der Waals surface area contributed by atoms with Crippen molar-refractivity contribution in [2.24, 2.45) is 17.8 Å². The molecule has 0 bridgehead atoms. The van der Waals surface area contributed by atoms with Crippen LogP contribution in [0.5, 0.6) is 0 Å². The Hall–Kier alpha value is -3.05.